The Balaban J connectivity index is 1.48. The monoisotopic (exact) mass is 308 g/mol. The Kier molecular flexibility index (Phi) is 3.52. The molecular formula is C19H20N2O2. The van der Waals surface area contributed by atoms with Crippen molar-refractivity contribution in [2.24, 2.45) is 0 Å². The maximum absolute atomic E-state index is 12.7. The molecule has 2 unspecified atom stereocenters. The molecule has 1 aromatic carbocycles. The maximum atomic E-state index is 12.7. The molecule has 0 radical (unpaired) electrons. The lowest BCUT2D eigenvalue weighted by Crippen LogP contribution is -2.41. The van der Waals surface area contributed by atoms with Crippen LogP contribution in [0.4, 0.5) is 0 Å². The fourth-order valence-corrected chi connectivity index (χ4v) is 3.91. The van der Waals surface area contributed by atoms with Gasteiger partial charge in [0.25, 0.3) is 0 Å². The van der Waals surface area contributed by atoms with Crippen LogP contribution in [0.1, 0.15) is 41.1 Å². The number of carbonyl (C=O) groups is 1. The first-order valence-corrected chi connectivity index (χ1v) is 8.26. The normalized spacial score (nSPS) is 22.3. The minimum Gasteiger partial charge on any atom is -0.508 e. The highest BCUT2D eigenvalue weighted by Crippen LogP contribution is 2.39. The van der Waals surface area contributed by atoms with Crippen molar-refractivity contribution in [2.45, 2.75) is 44.1 Å². The van der Waals surface area contributed by atoms with Crippen LogP contribution in [0.2, 0.25) is 0 Å². The number of nitrogens with zero attached hydrogens (tertiary/aromatic N) is 1. The zero-order valence-corrected chi connectivity index (χ0v) is 13.0. The molecule has 0 saturated heterocycles. The van der Waals surface area contributed by atoms with Crippen molar-refractivity contribution < 1.29 is 9.90 Å². The molecule has 4 nitrogen and oxygen atoms in total. The van der Waals surface area contributed by atoms with Crippen LogP contribution in [0.5, 0.6) is 5.75 Å². The van der Waals surface area contributed by atoms with E-state index in [0.717, 1.165) is 48.9 Å². The van der Waals surface area contributed by atoms with Crippen LogP contribution >= 0.6 is 0 Å². The van der Waals surface area contributed by atoms with E-state index in [4.69, 9.17) is 0 Å². The molecule has 0 bridgehead atoms. The number of benzene rings is 1. The summed E-state index contributed by atoms with van der Waals surface area (Å²) in [7, 11) is 0. The number of carbonyl (C=O) groups excluding carboxylic acids is 1. The van der Waals surface area contributed by atoms with Crippen LogP contribution in [-0.4, -0.2) is 22.0 Å². The van der Waals surface area contributed by atoms with Crippen LogP contribution < -0.4 is 5.32 Å². The molecule has 2 aliphatic carbocycles. The summed E-state index contributed by atoms with van der Waals surface area (Å²) in [6, 6.07) is 9.73. The summed E-state index contributed by atoms with van der Waals surface area (Å²) in [5, 5.41) is 13.3. The molecule has 4 heteroatoms. The summed E-state index contributed by atoms with van der Waals surface area (Å²) >= 11 is 0. The SMILES string of the molecule is O=C(NC1CCc2ncccc2C1)C1CCc2cccc(O)c21. The number of phenolic OH excluding ortho intramolecular Hbond substituents is 1. The molecule has 118 valence electrons. The van der Waals surface area contributed by atoms with E-state index in [1.54, 1.807) is 6.07 Å². The van der Waals surface area contributed by atoms with Gasteiger partial charge in [-0.2, -0.15) is 0 Å². The maximum Gasteiger partial charge on any atom is 0.227 e. The van der Waals surface area contributed by atoms with E-state index in [2.05, 4.69) is 16.4 Å². The fourth-order valence-electron chi connectivity index (χ4n) is 3.91. The van der Waals surface area contributed by atoms with Crippen molar-refractivity contribution >= 4 is 5.91 Å². The molecule has 0 saturated carbocycles. The smallest absolute Gasteiger partial charge is 0.227 e. The molecule has 1 aromatic heterocycles. The molecule has 0 spiro atoms. The highest BCUT2D eigenvalue weighted by atomic mass is 16.3. The minimum absolute atomic E-state index is 0.0441. The van der Waals surface area contributed by atoms with Crippen molar-refractivity contribution in [3.05, 3.63) is 58.9 Å². The first kappa shape index (κ1) is 14.2. The van der Waals surface area contributed by atoms with Gasteiger partial charge in [0.05, 0.1) is 5.92 Å². The summed E-state index contributed by atoms with van der Waals surface area (Å²) < 4.78 is 0. The number of nitrogens with one attached hydrogen (secondary N) is 1. The lowest BCUT2D eigenvalue weighted by molar-refractivity contribution is -0.123. The van der Waals surface area contributed by atoms with Gasteiger partial charge in [0.1, 0.15) is 5.75 Å². The number of aryl methyl sites for hydroxylation is 2. The van der Waals surface area contributed by atoms with E-state index in [1.807, 2.05) is 24.4 Å². The summed E-state index contributed by atoms with van der Waals surface area (Å²) in [5.74, 6) is 0.0717. The third-order valence-corrected chi connectivity index (χ3v) is 5.07. The predicted molar refractivity (Wildman–Crippen MR) is 87.4 cm³/mol. The third kappa shape index (κ3) is 2.58. The zero-order chi connectivity index (χ0) is 15.8. The fraction of sp³-hybridized carbons (Fsp3) is 0.368. The third-order valence-electron chi connectivity index (χ3n) is 5.07. The highest BCUT2D eigenvalue weighted by Gasteiger charge is 2.32. The van der Waals surface area contributed by atoms with Gasteiger partial charge in [-0.25, -0.2) is 0 Å². The summed E-state index contributed by atoms with van der Waals surface area (Å²) in [4.78, 5) is 17.1. The summed E-state index contributed by atoms with van der Waals surface area (Å²) in [6.45, 7) is 0. The molecule has 2 aliphatic rings. The van der Waals surface area contributed by atoms with Crippen molar-refractivity contribution in [3.8, 4) is 5.75 Å². The molecule has 23 heavy (non-hydrogen) atoms. The molecule has 0 fully saturated rings. The van der Waals surface area contributed by atoms with E-state index < -0.39 is 0 Å². The van der Waals surface area contributed by atoms with E-state index >= 15 is 0 Å². The largest absolute Gasteiger partial charge is 0.508 e. The standard InChI is InChI=1S/C19H20N2O2/c22-17-5-1-3-12-6-8-15(18(12)17)19(23)21-14-7-9-16-13(11-14)4-2-10-20-16/h1-5,10,14-15,22H,6-9,11H2,(H,21,23). The molecule has 1 amide bonds. The average Bonchev–Trinajstić information content (AvgIpc) is 3.00. The Morgan fingerprint density at radius 3 is 2.91 bits per heavy atom. The number of aromatic hydroxyl groups is 1. The lowest BCUT2D eigenvalue weighted by atomic mass is 9.91. The second kappa shape index (κ2) is 5.69. The Morgan fingerprint density at radius 1 is 1.13 bits per heavy atom. The van der Waals surface area contributed by atoms with Crippen LogP contribution in [0.15, 0.2) is 36.5 Å². The van der Waals surface area contributed by atoms with Crippen molar-refractivity contribution in [3.63, 3.8) is 0 Å². The van der Waals surface area contributed by atoms with Crippen LogP contribution in [0, 0.1) is 0 Å². The van der Waals surface area contributed by atoms with Crippen molar-refractivity contribution in [1.82, 2.24) is 10.3 Å². The molecule has 4 rings (SSSR count). The van der Waals surface area contributed by atoms with E-state index in [0.29, 0.717) is 0 Å². The Bertz CT molecular complexity index is 757. The van der Waals surface area contributed by atoms with Gasteiger partial charge in [0.15, 0.2) is 0 Å². The van der Waals surface area contributed by atoms with E-state index in [9.17, 15) is 9.90 Å². The zero-order valence-electron chi connectivity index (χ0n) is 13.0. The van der Waals surface area contributed by atoms with Crippen molar-refractivity contribution in [2.75, 3.05) is 0 Å². The average molecular weight is 308 g/mol. The molecule has 1 heterocycles. The summed E-state index contributed by atoms with van der Waals surface area (Å²) in [5.41, 5.74) is 4.31. The molecular weight excluding hydrogens is 288 g/mol. The van der Waals surface area contributed by atoms with Crippen LogP contribution in [-0.2, 0) is 24.1 Å². The minimum atomic E-state index is -0.221. The second-order valence-electron chi connectivity index (χ2n) is 6.50. The first-order chi connectivity index (χ1) is 11.2. The summed E-state index contributed by atoms with van der Waals surface area (Å²) in [6.07, 6.45) is 6.15. The second-order valence-corrected chi connectivity index (χ2v) is 6.50. The molecule has 2 atom stereocenters. The number of hydrogen-bond donors (Lipinski definition) is 2. The number of aromatic nitrogens is 1. The van der Waals surface area contributed by atoms with Gasteiger partial charge >= 0.3 is 0 Å². The Hall–Kier alpha value is -2.36. The number of phenols is 1. The molecule has 2 aromatic rings. The number of amides is 1. The van der Waals surface area contributed by atoms with Crippen LogP contribution in [0.3, 0.4) is 0 Å². The van der Waals surface area contributed by atoms with Gasteiger partial charge in [-0.1, -0.05) is 18.2 Å². The van der Waals surface area contributed by atoms with Gasteiger partial charge in [0.2, 0.25) is 5.91 Å². The quantitative estimate of drug-likeness (QED) is 0.896. The Morgan fingerprint density at radius 2 is 2.00 bits per heavy atom. The van der Waals surface area contributed by atoms with Gasteiger partial charge < -0.3 is 10.4 Å². The first-order valence-electron chi connectivity index (χ1n) is 8.26. The molecule has 0 aliphatic heterocycles. The Labute approximate surface area is 135 Å². The van der Waals surface area contributed by atoms with Crippen LogP contribution in [0.25, 0.3) is 0 Å². The lowest BCUT2D eigenvalue weighted by Gasteiger charge is -2.26. The predicted octanol–water partition coefficient (Wildman–Crippen LogP) is 2.49. The topological polar surface area (TPSA) is 62.2 Å². The molecule has 2 N–H and O–H groups in total. The van der Waals surface area contributed by atoms with Gasteiger partial charge in [-0.3, -0.25) is 9.78 Å². The number of hydrogen-bond acceptors (Lipinski definition) is 3. The number of rotatable bonds is 2. The highest BCUT2D eigenvalue weighted by molar-refractivity contribution is 5.86. The van der Waals surface area contributed by atoms with Gasteiger partial charge in [0, 0.05) is 23.5 Å². The number of pyridine rings is 1. The van der Waals surface area contributed by atoms with E-state index in [1.165, 1.54) is 5.56 Å². The van der Waals surface area contributed by atoms with Gasteiger partial charge in [-0.15, -0.1) is 0 Å². The van der Waals surface area contributed by atoms with Crippen molar-refractivity contribution in [1.29, 1.82) is 0 Å². The van der Waals surface area contributed by atoms with E-state index in [-0.39, 0.29) is 23.6 Å². The van der Waals surface area contributed by atoms with Gasteiger partial charge in [-0.05, 0) is 55.4 Å². The number of fused-ring (bicyclic) bond motifs is 2.